The third-order valence-corrected chi connectivity index (χ3v) is 2.98. The number of hydrogen-bond acceptors (Lipinski definition) is 6. The molecule has 1 heterocycles. The molecule has 7 heteroatoms. The van der Waals surface area contributed by atoms with Gasteiger partial charge in [-0.2, -0.15) is 0 Å². The normalized spacial score (nSPS) is 10.0. The van der Waals surface area contributed by atoms with Gasteiger partial charge in [0.05, 0.1) is 13.1 Å². The van der Waals surface area contributed by atoms with Crippen molar-refractivity contribution in [3.8, 4) is 5.75 Å². The van der Waals surface area contributed by atoms with Crippen LogP contribution in [0.4, 0.5) is 6.01 Å². The molecule has 2 aromatic rings. The van der Waals surface area contributed by atoms with Gasteiger partial charge in [-0.1, -0.05) is 24.2 Å². The average Bonchev–Trinajstić information content (AvgIpc) is 2.97. The number of ether oxygens (including phenoxy) is 1. The molecule has 2 rings (SSSR count). The molecule has 116 valence electrons. The predicted molar refractivity (Wildman–Crippen MR) is 84.0 cm³/mol. The summed E-state index contributed by atoms with van der Waals surface area (Å²) in [5.41, 5.74) is 6.72. The van der Waals surface area contributed by atoms with Crippen molar-refractivity contribution >= 4 is 18.4 Å². The molecule has 1 aromatic carbocycles. The van der Waals surface area contributed by atoms with E-state index in [0.29, 0.717) is 25.1 Å². The zero-order valence-corrected chi connectivity index (χ0v) is 13.1. The van der Waals surface area contributed by atoms with Gasteiger partial charge in [0.1, 0.15) is 12.4 Å². The summed E-state index contributed by atoms with van der Waals surface area (Å²) in [6, 6.07) is 8.57. The van der Waals surface area contributed by atoms with Crippen LogP contribution in [0.3, 0.4) is 0 Å². The van der Waals surface area contributed by atoms with Crippen molar-refractivity contribution in [2.75, 3.05) is 25.1 Å². The number of nitrogens with two attached hydrogens (primary N) is 1. The summed E-state index contributed by atoms with van der Waals surface area (Å²) in [5, 5.41) is 7.73. The first kappa shape index (κ1) is 17.3. The minimum Gasteiger partial charge on any atom is -0.492 e. The van der Waals surface area contributed by atoms with Gasteiger partial charge in [-0.3, -0.25) is 0 Å². The topological polar surface area (TPSA) is 77.4 Å². The summed E-state index contributed by atoms with van der Waals surface area (Å²) in [6.45, 7) is 3.58. The van der Waals surface area contributed by atoms with E-state index in [0.717, 1.165) is 12.2 Å². The Morgan fingerprint density at radius 2 is 1.95 bits per heavy atom. The summed E-state index contributed by atoms with van der Waals surface area (Å²) in [4.78, 5) is 1.84. The lowest BCUT2D eigenvalue weighted by molar-refractivity contribution is 0.322. The molecular weight excluding hydrogens is 292 g/mol. The molecule has 1 aromatic heterocycles. The van der Waals surface area contributed by atoms with Crippen LogP contribution in [0.5, 0.6) is 5.75 Å². The Labute approximate surface area is 130 Å². The summed E-state index contributed by atoms with van der Waals surface area (Å²) in [6.07, 6.45) is 1.03. The molecule has 0 saturated carbocycles. The molecular formula is C14H21ClN4O2. The van der Waals surface area contributed by atoms with Gasteiger partial charge in [0.2, 0.25) is 5.89 Å². The molecule has 0 unspecified atom stereocenters. The Bertz CT molecular complexity index is 530. The Morgan fingerprint density at radius 3 is 2.52 bits per heavy atom. The summed E-state index contributed by atoms with van der Waals surface area (Å²) >= 11 is 0. The van der Waals surface area contributed by atoms with Crippen molar-refractivity contribution < 1.29 is 9.15 Å². The molecule has 6 nitrogen and oxygen atoms in total. The van der Waals surface area contributed by atoms with Crippen LogP contribution >= 0.6 is 12.4 Å². The number of likely N-dealkylation sites (N-methyl/N-ethyl adjacent to an activating group) is 1. The highest BCUT2D eigenvalue weighted by Gasteiger charge is 2.09. The van der Waals surface area contributed by atoms with Crippen molar-refractivity contribution in [1.82, 2.24) is 10.2 Å². The van der Waals surface area contributed by atoms with E-state index in [1.54, 1.807) is 0 Å². The lowest BCUT2D eigenvalue weighted by Gasteiger charge is -2.14. The van der Waals surface area contributed by atoms with E-state index in [1.165, 1.54) is 5.56 Å². The standard InChI is InChI=1S/C14H20N4O2.ClH/c1-3-11-4-6-12(7-5-11)19-9-8-18(2)14-17-16-13(10-15)20-14;/h4-7H,3,8-10,15H2,1-2H3;1H. The van der Waals surface area contributed by atoms with Crippen LogP contribution in [-0.2, 0) is 13.0 Å². The molecule has 0 aliphatic carbocycles. The van der Waals surface area contributed by atoms with Crippen molar-refractivity contribution in [3.63, 3.8) is 0 Å². The third kappa shape index (κ3) is 4.91. The fourth-order valence-electron chi connectivity index (χ4n) is 1.70. The van der Waals surface area contributed by atoms with Gasteiger partial charge in [-0.05, 0) is 24.1 Å². The zero-order chi connectivity index (χ0) is 14.4. The number of benzene rings is 1. The maximum Gasteiger partial charge on any atom is 0.318 e. The molecule has 0 fully saturated rings. The molecule has 0 atom stereocenters. The number of hydrogen-bond donors (Lipinski definition) is 1. The van der Waals surface area contributed by atoms with Crippen LogP contribution in [0, 0.1) is 0 Å². The van der Waals surface area contributed by atoms with Crippen LogP contribution in [0.25, 0.3) is 0 Å². The molecule has 2 N–H and O–H groups in total. The number of aryl methyl sites for hydroxylation is 1. The SMILES string of the molecule is CCc1ccc(OCCN(C)c2nnc(CN)o2)cc1.Cl. The maximum atomic E-state index is 5.67. The Kier molecular flexibility index (Phi) is 6.98. The number of aromatic nitrogens is 2. The summed E-state index contributed by atoms with van der Waals surface area (Å²) in [5.74, 6) is 1.30. The summed E-state index contributed by atoms with van der Waals surface area (Å²) < 4.78 is 11.0. The second-order valence-electron chi connectivity index (χ2n) is 4.45. The first-order valence-electron chi connectivity index (χ1n) is 6.68. The highest BCUT2D eigenvalue weighted by Crippen LogP contribution is 2.13. The van der Waals surface area contributed by atoms with Crippen molar-refractivity contribution in [3.05, 3.63) is 35.7 Å². The van der Waals surface area contributed by atoms with Gasteiger partial charge in [-0.15, -0.1) is 17.5 Å². The van der Waals surface area contributed by atoms with Crippen LogP contribution in [0.15, 0.2) is 28.7 Å². The molecule has 0 spiro atoms. The van der Waals surface area contributed by atoms with Crippen molar-refractivity contribution in [1.29, 1.82) is 0 Å². The Balaban J connectivity index is 0.00000220. The van der Waals surface area contributed by atoms with Gasteiger partial charge in [0, 0.05) is 7.05 Å². The smallest absolute Gasteiger partial charge is 0.318 e. The van der Waals surface area contributed by atoms with E-state index in [1.807, 2.05) is 24.1 Å². The van der Waals surface area contributed by atoms with Crippen molar-refractivity contribution in [2.24, 2.45) is 5.73 Å². The highest BCUT2D eigenvalue weighted by atomic mass is 35.5. The molecule has 0 amide bonds. The highest BCUT2D eigenvalue weighted by molar-refractivity contribution is 5.85. The number of nitrogens with zero attached hydrogens (tertiary/aromatic N) is 3. The molecule has 0 aliphatic rings. The first-order valence-corrected chi connectivity index (χ1v) is 6.68. The molecule has 21 heavy (non-hydrogen) atoms. The number of rotatable bonds is 7. The Morgan fingerprint density at radius 1 is 1.24 bits per heavy atom. The van der Waals surface area contributed by atoms with E-state index < -0.39 is 0 Å². The zero-order valence-electron chi connectivity index (χ0n) is 12.3. The largest absolute Gasteiger partial charge is 0.492 e. The van der Waals surface area contributed by atoms with E-state index in [-0.39, 0.29) is 19.0 Å². The first-order chi connectivity index (χ1) is 9.72. The van der Waals surface area contributed by atoms with Gasteiger partial charge in [-0.25, -0.2) is 0 Å². The van der Waals surface area contributed by atoms with E-state index in [2.05, 4.69) is 29.3 Å². The molecule has 0 bridgehead atoms. The van der Waals surface area contributed by atoms with Crippen molar-refractivity contribution in [2.45, 2.75) is 19.9 Å². The van der Waals surface area contributed by atoms with Crippen LogP contribution < -0.4 is 15.4 Å². The van der Waals surface area contributed by atoms with Gasteiger partial charge >= 0.3 is 6.01 Å². The second-order valence-corrected chi connectivity index (χ2v) is 4.45. The van der Waals surface area contributed by atoms with Crippen LogP contribution in [0.2, 0.25) is 0 Å². The fraction of sp³-hybridized carbons (Fsp3) is 0.429. The fourth-order valence-corrected chi connectivity index (χ4v) is 1.70. The van der Waals surface area contributed by atoms with Gasteiger partial charge in [0.25, 0.3) is 0 Å². The minimum absolute atomic E-state index is 0. The quantitative estimate of drug-likeness (QED) is 0.843. The average molecular weight is 313 g/mol. The Hall–Kier alpha value is -1.79. The lowest BCUT2D eigenvalue weighted by atomic mass is 10.2. The van der Waals surface area contributed by atoms with E-state index in [9.17, 15) is 0 Å². The second kappa shape index (κ2) is 8.49. The third-order valence-electron chi connectivity index (χ3n) is 2.98. The molecule has 0 aliphatic heterocycles. The molecule has 0 radical (unpaired) electrons. The van der Waals surface area contributed by atoms with Gasteiger partial charge in [0.15, 0.2) is 0 Å². The van der Waals surface area contributed by atoms with Crippen LogP contribution in [-0.4, -0.2) is 30.4 Å². The van der Waals surface area contributed by atoms with E-state index >= 15 is 0 Å². The van der Waals surface area contributed by atoms with Gasteiger partial charge < -0.3 is 19.8 Å². The molecule has 0 saturated heterocycles. The van der Waals surface area contributed by atoms with Crippen LogP contribution in [0.1, 0.15) is 18.4 Å². The van der Waals surface area contributed by atoms with E-state index in [4.69, 9.17) is 14.9 Å². The number of anilines is 1. The maximum absolute atomic E-state index is 5.67. The summed E-state index contributed by atoms with van der Waals surface area (Å²) in [7, 11) is 1.87. The monoisotopic (exact) mass is 312 g/mol. The number of halogens is 1. The lowest BCUT2D eigenvalue weighted by Crippen LogP contribution is -2.24. The predicted octanol–water partition coefficient (Wildman–Crippen LogP) is 2.03. The minimum atomic E-state index is 0.